The van der Waals surface area contributed by atoms with E-state index in [9.17, 15) is 26.4 Å². The summed E-state index contributed by atoms with van der Waals surface area (Å²) < 4.78 is 62.3. The number of anilines is 1. The Hall–Kier alpha value is -1.13. The lowest BCUT2D eigenvalue weighted by molar-refractivity contribution is -0.138. The minimum Gasteiger partial charge on any atom is -0.326 e. The molecule has 4 aliphatic rings. The van der Waals surface area contributed by atoms with E-state index in [1.165, 1.54) is 35.4 Å². The fraction of sp³-hybridized carbons (Fsp3) is 0.632. The highest BCUT2D eigenvalue weighted by Gasteiger charge is 2.59. The average molecular weight is 495 g/mol. The predicted octanol–water partition coefficient (Wildman–Crippen LogP) is 4.20. The first-order chi connectivity index (χ1) is 13.4. The van der Waals surface area contributed by atoms with Gasteiger partial charge in [-0.1, -0.05) is 15.9 Å². The molecular weight excluding hydrogens is 473 g/mol. The predicted molar refractivity (Wildman–Crippen MR) is 105 cm³/mol. The number of carbonyl (C=O) groups is 1. The van der Waals surface area contributed by atoms with Crippen molar-refractivity contribution in [3.05, 3.63) is 24.3 Å². The Labute approximate surface area is 176 Å². The molecule has 2 atom stereocenters. The number of hydrogen-bond acceptors (Lipinski definition) is 3. The van der Waals surface area contributed by atoms with Crippen LogP contribution in [0.3, 0.4) is 0 Å². The molecule has 1 aromatic rings. The van der Waals surface area contributed by atoms with E-state index in [1.807, 2.05) is 0 Å². The van der Waals surface area contributed by atoms with Gasteiger partial charge in [0.15, 0.2) is 0 Å². The second kappa shape index (κ2) is 6.95. The van der Waals surface area contributed by atoms with Gasteiger partial charge >= 0.3 is 6.18 Å². The molecule has 29 heavy (non-hydrogen) atoms. The van der Waals surface area contributed by atoms with Crippen molar-refractivity contribution in [3.63, 3.8) is 0 Å². The van der Waals surface area contributed by atoms with Crippen molar-refractivity contribution in [1.29, 1.82) is 0 Å². The molecule has 4 bridgehead atoms. The number of sulfonamides is 1. The topological polar surface area (TPSA) is 75.3 Å². The van der Waals surface area contributed by atoms with Gasteiger partial charge in [-0.15, -0.1) is 0 Å². The Morgan fingerprint density at radius 3 is 2.21 bits per heavy atom. The molecule has 4 fully saturated rings. The summed E-state index contributed by atoms with van der Waals surface area (Å²) in [6.07, 6.45) is 1.30. The zero-order valence-electron chi connectivity index (χ0n) is 15.6. The number of rotatable bonds is 5. The molecule has 5 rings (SSSR count). The summed E-state index contributed by atoms with van der Waals surface area (Å²) >= 11 is 3.87. The van der Waals surface area contributed by atoms with Gasteiger partial charge < -0.3 is 5.32 Å². The molecule has 5 nitrogen and oxygen atoms in total. The molecule has 10 heteroatoms. The standard InChI is InChI=1S/C19H22BrF3N2O3S/c20-18-8-12-5-13(9-18)7-17(6-12,10-18)16(26)25-14-1-3-15(4-2-14)29(27,28)24-11-19(21,22)23/h1-4,12-13,24H,5-11H2,(H,25,26)/t12-,13-,17?,18?/m1/s1. The molecule has 0 heterocycles. The Morgan fingerprint density at radius 1 is 1.10 bits per heavy atom. The van der Waals surface area contributed by atoms with Crippen LogP contribution < -0.4 is 10.0 Å². The second-order valence-electron chi connectivity index (χ2n) is 8.81. The zero-order valence-corrected chi connectivity index (χ0v) is 18.0. The molecule has 0 aromatic heterocycles. The summed E-state index contributed by atoms with van der Waals surface area (Å²) in [5.74, 6) is 1.04. The molecule has 160 valence electrons. The van der Waals surface area contributed by atoms with E-state index in [0.717, 1.165) is 32.1 Å². The Morgan fingerprint density at radius 2 is 1.69 bits per heavy atom. The van der Waals surface area contributed by atoms with E-state index in [-0.39, 0.29) is 15.1 Å². The van der Waals surface area contributed by atoms with Crippen molar-refractivity contribution >= 4 is 37.5 Å². The molecule has 0 unspecified atom stereocenters. The summed E-state index contributed by atoms with van der Waals surface area (Å²) in [6.45, 7) is -1.63. The highest BCUT2D eigenvalue weighted by Crippen LogP contribution is 2.64. The fourth-order valence-corrected chi connectivity index (χ4v) is 8.12. The summed E-state index contributed by atoms with van der Waals surface area (Å²) in [5, 5.41) is 2.90. The van der Waals surface area contributed by atoms with Crippen molar-refractivity contribution in [2.75, 3.05) is 11.9 Å². The van der Waals surface area contributed by atoms with Crippen molar-refractivity contribution < 1.29 is 26.4 Å². The van der Waals surface area contributed by atoms with Crippen LogP contribution in [0.2, 0.25) is 0 Å². The Balaban J connectivity index is 1.45. The number of benzene rings is 1. The van der Waals surface area contributed by atoms with Crippen LogP contribution in [0.1, 0.15) is 38.5 Å². The van der Waals surface area contributed by atoms with Crippen molar-refractivity contribution in [3.8, 4) is 0 Å². The normalized spacial score (nSPS) is 33.7. The van der Waals surface area contributed by atoms with Crippen LogP contribution in [0.25, 0.3) is 0 Å². The maximum Gasteiger partial charge on any atom is 0.402 e. The van der Waals surface area contributed by atoms with Gasteiger partial charge in [-0.2, -0.15) is 13.2 Å². The monoisotopic (exact) mass is 494 g/mol. The third-order valence-electron chi connectivity index (χ3n) is 6.36. The van der Waals surface area contributed by atoms with E-state index in [1.54, 1.807) is 0 Å². The Bertz CT molecular complexity index is 904. The summed E-state index contributed by atoms with van der Waals surface area (Å²) in [7, 11) is -4.27. The van der Waals surface area contributed by atoms with Crippen molar-refractivity contribution in [2.45, 2.75) is 53.9 Å². The van der Waals surface area contributed by atoms with Crippen LogP contribution in [0, 0.1) is 17.3 Å². The third kappa shape index (κ3) is 4.34. The van der Waals surface area contributed by atoms with Gasteiger partial charge in [-0.25, -0.2) is 13.1 Å². The second-order valence-corrected chi connectivity index (χ2v) is 12.3. The molecule has 2 N–H and O–H groups in total. The first kappa shape index (κ1) is 21.1. The van der Waals surface area contributed by atoms with E-state index in [0.29, 0.717) is 17.5 Å². The minimum absolute atomic E-state index is 0.0382. The van der Waals surface area contributed by atoms with E-state index >= 15 is 0 Å². The van der Waals surface area contributed by atoms with E-state index in [4.69, 9.17) is 0 Å². The van der Waals surface area contributed by atoms with E-state index < -0.39 is 28.2 Å². The molecule has 0 radical (unpaired) electrons. The van der Waals surface area contributed by atoms with Gasteiger partial charge in [0.25, 0.3) is 0 Å². The first-order valence-electron chi connectivity index (χ1n) is 9.55. The smallest absolute Gasteiger partial charge is 0.326 e. The van der Waals surface area contributed by atoms with Crippen molar-refractivity contribution in [1.82, 2.24) is 4.72 Å². The number of alkyl halides is 4. The average Bonchev–Trinajstić information content (AvgIpc) is 2.58. The fourth-order valence-electron chi connectivity index (χ4n) is 5.66. The molecule has 4 aliphatic carbocycles. The van der Waals surface area contributed by atoms with Crippen LogP contribution in [0.5, 0.6) is 0 Å². The summed E-state index contributed by atoms with van der Waals surface area (Å²) in [4.78, 5) is 12.8. The quantitative estimate of drug-likeness (QED) is 0.602. The number of nitrogens with one attached hydrogen (secondary N) is 2. The number of hydrogen-bond donors (Lipinski definition) is 2. The zero-order chi connectivity index (χ0) is 21.1. The number of amides is 1. The SMILES string of the molecule is O=C(Nc1ccc(S(=O)(=O)NCC(F)(F)F)cc1)C12C[C@H]3C[C@@H](CC(Br)(C3)C1)C2. The molecule has 4 saturated carbocycles. The van der Waals surface area contributed by atoms with Crippen molar-refractivity contribution in [2.24, 2.45) is 17.3 Å². The molecule has 1 amide bonds. The van der Waals surface area contributed by atoms with Crippen LogP contribution in [-0.2, 0) is 14.8 Å². The number of halogens is 4. The lowest BCUT2D eigenvalue weighted by Crippen LogP contribution is -2.57. The van der Waals surface area contributed by atoms with Crippen LogP contribution in [0.15, 0.2) is 29.2 Å². The molecule has 0 saturated heterocycles. The van der Waals surface area contributed by atoms with Crippen LogP contribution in [-0.4, -0.2) is 31.4 Å². The minimum atomic E-state index is -4.63. The number of carbonyl (C=O) groups excluding carboxylic acids is 1. The third-order valence-corrected chi connectivity index (χ3v) is 8.70. The maximum absolute atomic E-state index is 13.1. The van der Waals surface area contributed by atoms with Gasteiger partial charge in [-0.05, 0) is 74.6 Å². The summed E-state index contributed by atoms with van der Waals surface area (Å²) in [5.41, 5.74) is 0.0243. The van der Waals surface area contributed by atoms with Crippen LogP contribution in [0.4, 0.5) is 18.9 Å². The van der Waals surface area contributed by atoms with E-state index in [2.05, 4.69) is 21.2 Å². The van der Waals surface area contributed by atoms with Gasteiger partial charge in [-0.3, -0.25) is 4.79 Å². The lowest BCUT2D eigenvalue weighted by Gasteiger charge is -2.59. The molecule has 1 aromatic carbocycles. The molecule has 0 aliphatic heterocycles. The van der Waals surface area contributed by atoms with Gasteiger partial charge in [0, 0.05) is 10.0 Å². The highest BCUT2D eigenvalue weighted by atomic mass is 79.9. The van der Waals surface area contributed by atoms with Crippen LogP contribution >= 0.6 is 15.9 Å². The van der Waals surface area contributed by atoms with Gasteiger partial charge in [0.1, 0.15) is 6.54 Å². The summed E-state index contributed by atoms with van der Waals surface area (Å²) in [6, 6.07) is 5.20. The molecular formula is C19H22BrF3N2O3S. The van der Waals surface area contributed by atoms with Gasteiger partial charge in [0.05, 0.1) is 10.3 Å². The Kier molecular flexibility index (Phi) is 5.06. The molecule has 0 spiro atoms. The maximum atomic E-state index is 13.1. The lowest BCUT2D eigenvalue weighted by atomic mass is 9.49. The van der Waals surface area contributed by atoms with Gasteiger partial charge in [0.2, 0.25) is 15.9 Å². The largest absolute Gasteiger partial charge is 0.402 e. The highest BCUT2D eigenvalue weighted by molar-refractivity contribution is 9.10. The first-order valence-corrected chi connectivity index (χ1v) is 11.8.